The smallest absolute Gasteiger partial charge is 0.193 e. The van der Waals surface area contributed by atoms with E-state index < -0.39 is 0 Å². The number of halogens is 1. The average Bonchev–Trinajstić information content (AvgIpc) is 2.70. The third-order valence-corrected chi connectivity index (χ3v) is 4.52. The lowest BCUT2D eigenvalue weighted by Gasteiger charge is -2.34. The summed E-state index contributed by atoms with van der Waals surface area (Å²) in [6.45, 7) is 3.44. The van der Waals surface area contributed by atoms with Crippen LogP contribution in [-0.4, -0.2) is 50.8 Å². The van der Waals surface area contributed by atoms with Crippen LogP contribution in [-0.2, 0) is 4.74 Å². The molecule has 0 aromatic heterocycles. The molecule has 0 radical (unpaired) electrons. The first kappa shape index (κ1) is 19.1. The summed E-state index contributed by atoms with van der Waals surface area (Å²) in [5, 5.41) is 3.08. The summed E-state index contributed by atoms with van der Waals surface area (Å²) in [5.74, 6) is 0.816. The van der Waals surface area contributed by atoms with Gasteiger partial charge < -0.3 is 20.5 Å². The fourth-order valence-corrected chi connectivity index (χ4v) is 3.08. The van der Waals surface area contributed by atoms with Crippen molar-refractivity contribution < 1.29 is 13.9 Å². The lowest BCUT2D eigenvalue weighted by atomic mass is 10.0. The standard InChI is InChI=1S/C20H25FN4O2/c1-26-18-4-2-3-17(13-18)24-20(22)23-14-19(25-9-11-27-12-10-25)15-5-7-16(21)8-6-15/h2-8,13,19H,9-12,14H2,1H3,(H3,22,23,24). The van der Waals surface area contributed by atoms with E-state index in [1.165, 1.54) is 12.1 Å². The molecule has 1 aliphatic rings. The molecule has 1 saturated heterocycles. The van der Waals surface area contributed by atoms with E-state index in [2.05, 4.69) is 15.2 Å². The SMILES string of the molecule is COc1cccc(NC(N)=NCC(c2ccc(F)cc2)N2CCOCC2)c1. The Hall–Kier alpha value is -2.64. The molecule has 6 nitrogen and oxygen atoms in total. The summed E-state index contributed by atoms with van der Waals surface area (Å²) in [7, 11) is 1.62. The Morgan fingerprint density at radius 2 is 2.00 bits per heavy atom. The van der Waals surface area contributed by atoms with E-state index in [0.29, 0.717) is 25.7 Å². The molecule has 1 atom stereocenters. The number of benzene rings is 2. The van der Waals surface area contributed by atoms with Gasteiger partial charge in [0.2, 0.25) is 0 Å². The zero-order chi connectivity index (χ0) is 19.1. The van der Waals surface area contributed by atoms with Crippen molar-refractivity contribution in [2.24, 2.45) is 10.7 Å². The van der Waals surface area contributed by atoms with Crippen LogP contribution in [0.1, 0.15) is 11.6 Å². The fraction of sp³-hybridized carbons (Fsp3) is 0.350. The molecule has 0 aliphatic carbocycles. The second-order valence-corrected chi connectivity index (χ2v) is 6.30. The molecule has 1 unspecified atom stereocenters. The van der Waals surface area contributed by atoms with Crippen molar-refractivity contribution >= 4 is 11.6 Å². The van der Waals surface area contributed by atoms with Crippen LogP contribution in [0.3, 0.4) is 0 Å². The molecule has 1 aliphatic heterocycles. The second-order valence-electron chi connectivity index (χ2n) is 6.30. The van der Waals surface area contributed by atoms with Crippen molar-refractivity contribution in [3.63, 3.8) is 0 Å². The van der Waals surface area contributed by atoms with E-state index >= 15 is 0 Å². The second kappa shape index (κ2) is 9.34. The first-order chi connectivity index (χ1) is 13.2. The van der Waals surface area contributed by atoms with Gasteiger partial charge in [-0.2, -0.15) is 0 Å². The molecule has 27 heavy (non-hydrogen) atoms. The van der Waals surface area contributed by atoms with Crippen molar-refractivity contribution in [1.29, 1.82) is 0 Å². The van der Waals surface area contributed by atoms with Crippen molar-refractivity contribution in [2.45, 2.75) is 6.04 Å². The van der Waals surface area contributed by atoms with E-state index in [1.54, 1.807) is 19.2 Å². The van der Waals surface area contributed by atoms with Crippen molar-refractivity contribution in [3.05, 3.63) is 59.9 Å². The van der Waals surface area contributed by atoms with Crippen LogP contribution in [0.25, 0.3) is 0 Å². The molecule has 3 N–H and O–H groups in total. The topological polar surface area (TPSA) is 72.1 Å². The highest BCUT2D eigenvalue weighted by Crippen LogP contribution is 2.23. The molecule has 7 heteroatoms. The number of nitrogens with zero attached hydrogens (tertiary/aromatic N) is 2. The van der Waals surface area contributed by atoms with Gasteiger partial charge in [-0.25, -0.2) is 4.39 Å². The number of rotatable bonds is 6. The summed E-state index contributed by atoms with van der Waals surface area (Å²) in [5.41, 5.74) is 7.89. The monoisotopic (exact) mass is 372 g/mol. The molecule has 0 spiro atoms. The minimum Gasteiger partial charge on any atom is -0.497 e. The van der Waals surface area contributed by atoms with Gasteiger partial charge in [-0.1, -0.05) is 18.2 Å². The molecule has 1 fully saturated rings. The number of anilines is 1. The lowest BCUT2D eigenvalue weighted by molar-refractivity contribution is 0.0180. The van der Waals surface area contributed by atoms with Crippen LogP contribution in [0, 0.1) is 5.82 Å². The molecular weight excluding hydrogens is 347 g/mol. The molecule has 144 valence electrons. The summed E-state index contributed by atoms with van der Waals surface area (Å²) in [6, 6.07) is 14.1. The van der Waals surface area contributed by atoms with Gasteiger partial charge in [-0.05, 0) is 29.8 Å². The largest absolute Gasteiger partial charge is 0.497 e. The van der Waals surface area contributed by atoms with Crippen molar-refractivity contribution in [3.8, 4) is 5.75 Å². The molecule has 0 bridgehead atoms. The van der Waals surface area contributed by atoms with E-state index in [4.69, 9.17) is 15.2 Å². The van der Waals surface area contributed by atoms with Crippen LogP contribution in [0.15, 0.2) is 53.5 Å². The van der Waals surface area contributed by atoms with Crippen LogP contribution in [0.4, 0.5) is 10.1 Å². The third-order valence-electron chi connectivity index (χ3n) is 4.52. The van der Waals surface area contributed by atoms with E-state index in [0.717, 1.165) is 30.1 Å². The molecule has 0 saturated carbocycles. The van der Waals surface area contributed by atoms with E-state index in [-0.39, 0.29) is 11.9 Å². The number of nitrogens with two attached hydrogens (primary N) is 1. The van der Waals surface area contributed by atoms with E-state index in [1.807, 2.05) is 24.3 Å². The summed E-state index contributed by atoms with van der Waals surface area (Å²) >= 11 is 0. The third kappa shape index (κ3) is 5.42. The Balaban J connectivity index is 1.72. The minimum absolute atomic E-state index is 0.0140. The maximum atomic E-state index is 13.3. The number of hydrogen-bond donors (Lipinski definition) is 2. The minimum atomic E-state index is -0.248. The molecule has 2 aromatic carbocycles. The summed E-state index contributed by atoms with van der Waals surface area (Å²) in [4.78, 5) is 6.81. The predicted molar refractivity (Wildman–Crippen MR) is 105 cm³/mol. The van der Waals surface area contributed by atoms with Gasteiger partial charge >= 0.3 is 0 Å². The van der Waals surface area contributed by atoms with Gasteiger partial charge in [-0.15, -0.1) is 0 Å². The Morgan fingerprint density at radius 3 is 2.70 bits per heavy atom. The fourth-order valence-electron chi connectivity index (χ4n) is 3.08. The maximum Gasteiger partial charge on any atom is 0.193 e. The van der Waals surface area contributed by atoms with E-state index in [9.17, 15) is 4.39 Å². The van der Waals surface area contributed by atoms with Gasteiger partial charge in [0.05, 0.1) is 32.9 Å². The summed E-state index contributed by atoms with van der Waals surface area (Å²) in [6.07, 6.45) is 0. The van der Waals surface area contributed by atoms with Gasteiger partial charge in [0.25, 0.3) is 0 Å². The highest BCUT2D eigenvalue weighted by atomic mass is 19.1. The number of aliphatic imine (C=N–C) groups is 1. The Kier molecular flexibility index (Phi) is 6.62. The molecule has 0 amide bonds. The Bertz CT molecular complexity index is 761. The first-order valence-corrected chi connectivity index (χ1v) is 8.94. The predicted octanol–water partition coefficient (Wildman–Crippen LogP) is 2.63. The van der Waals surface area contributed by atoms with Crippen LogP contribution >= 0.6 is 0 Å². The number of nitrogens with one attached hydrogen (secondary N) is 1. The van der Waals surface area contributed by atoms with Crippen molar-refractivity contribution in [1.82, 2.24) is 4.90 Å². The van der Waals surface area contributed by atoms with Gasteiger partial charge in [0.15, 0.2) is 5.96 Å². The number of hydrogen-bond acceptors (Lipinski definition) is 4. The molecule has 2 aromatic rings. The average molecular weight is 372 g/mol. The van der Waals surface area contributed by atoms with Crippen LogP contribution < -0.4 is 15.8 Å². The van der Waals surface area contributed by atoms with Gasteiger partial charge in [-0.3, -0.25) is 9.89 Å². The lowest BCUT2D eigenvalue weighted by Crippen LogP contribution is -2.40. The highest BCUT2D eigenvalue weighted by molar-refractivity contribution is 5.92. The quantitative estimate of drug-likeness (QED) is 0.602. The summed E-state index contributed by atoms with van der Waals surface area (Å²) < 4.78 is 24.0. The van der Waals surface area contributed by atoms with Crippen LogP contribution in [0.2, 0.25) is 0 Å². The van der Waals surface area contributed by atoms with Crippen molar-refractivity contribution in [2.75, 3.05) is 45.3 Å². The first-order valence-electron chi connectivity index (χ1n) is 8.94. The molecule has 3 rings (SSSR count). The number of morpholine rings is 1. The zero-order valence-electron chi connectivity index (χ0n) is 15.4. The number of ether oxygens (including phenoxy) is 2. The Labute approximate surface area is 158 Å². The number of guanidine groups is 1. The van der Waals surface area contributed by atoms with Gasteiger partial charge in [0, 0.05) is 24.8 Å². The normalized spacial score (nSPS) is 16.7. The number of methoxy groups -OCH3 is 1. The van der Waals surface area contributed by atoms with Crippen LogP contribution in [0.5, 0.6) is 5.75 Å². The Morgan fingerprint density at radius 1 is 1.26 bits per heavy atom. The van der Waals surface area contributed by atoms with Gasteiger partial charge in [0.1, 0.15) is 11.6 Å². The highest BCUT2D eigenvalue weighted by Gasteiger charge is 2.22. The molecule has 1 heterocycles. The molecular formula is C20H25FN4O2. The zero-order valence-corrected chi connectivity index (χ0v) is 15.4. The maximum absolute atomic E-state index is 13.3.